The molecular weight excluding hydrogens is 312 g/mol. The molecule has 1 aliphatic heterocycles. The zero-order valence-electron chi connectivity index (χ0n) is 14.8. The molecule has 130 valence electrons. The normalized spacial score (nSPS) is 21.3. The maximum absolute atomic E-state index is 13.2. The highest BCUT2D eigenvalue weighted by atomic mass is 16.2. The summed E-state index contributed by atoms with van der Waals surface area (Å²) in [5.74, 6) is -0.0315. The van der Waals surface area contributed by atoms with Gasteiger partial charge in [-0.3, -0.25) is 15.1 Å². The third kappa shape index (κ3) is 2.81. The first kappa shape index (κ1) is 17.2. The van der Waals surface area contributed by atoms with Gasteiger partial charge in [-0.25, -0.2) is 0 Å². The number of nitrogens with zero attached hydrogens (tertiary/aromatic N) is 1. The molecule has 3 N–H and O–H groups in total. The third-order valence-electron chi connectivity index (χ3n) is 4.80. The lowest BCUT2D eigenvalue weighted by molar-refractivity contribution is -0.129. The van der Waals surface area contributed by atoms with Crippen molar-refractivity contribution in [2.24, 2.45) is 0 Å². The summed E-state index contributed by atoms with van der Waals surface area (Å²) >= 11 is 0. The predicted octanol–water partition coefficient (Wildman–Crippen LogP) is 2.60. The van der Waals surface area contributed by atoms with Gasteiger partial charge in [-0.1, -0.05) is 61.5 Å². The molecule has 2 aromatic rings. The van der Waals surface area contributed by atoms with Crippen molar-refractivity contribution in [2.75, 3.05) is 13.6 Å². The molecule has 1 aliphatic rings. The summed E-state index contributed by atoms with van der Waals surface area (Å²) in [6.07, 6.45) is 0. The first-order valence-corrected chi connectivity index (χ1v) is 8.55. The number of hydrogen-bond donors (Lipinski definition) is 3. The number of benzene rings is 2. The summed E-state index contributed by atoms with van der Waals surface area (Å²) in [5.41, 5.74) is 1.74. The zero-order chi connectivity index (χ0) is 18.0. The molecule has 2 aromatic carbocycles. The van der Waals surface area contributed by atoms with Gasteiger partial charge in [-0.05, 0) is 30.2 Å². The van der Waals surface area contributed by atoms with Crippen LogP contribution in [0.4, 0.5) is 0 Å². The van der Waals surface area contributed by atoms with E-state index >= 15 is 0 Å². The Bertz CT molecular complexity index is 789. The monoisotopic (exact) mass is 336 g/mol. The van der Waals surface area contributed by atoms with Gasteiger partial charge in [-0.15, -0.1) is 0 Å². The van der Waals surface area contributed by atoms with E-state index in [1.807, 2.05) is 42.5 Å². The summed E-state index contributed by atoms with van der Waals surface area (Å²) in [7, 11) is 1.63. The second-order valence-corrected chi connectivity index (χ2v) is 6.36. The Balaban J connectivity index is 2.16. The van der Waals surface area contributed by atoms with Gasteiger partial charge in [0.2, 0.25) is 0 Å². The standard InChI is InChI=1S/C20H24N4O/c1-4-22-14(2)15-9-8-12-17(13-15)20(16-10-6-5-7-11-16)18(25)24(3)19(21)23-20/h5-14,22H,4H2,1-3H3,(H2,21,23). The van der Waals surface area contributed by atoms with Crippen molar-refractivity contribution in [1.29, 1.82) is 5.41 Å². The number of amides is 1. The Morgan fingerprint density at radius 3 is 2.44 bits per heavy atom. The van der Waals surface area contributed by atoms with Gasteiger partial charge in [0, 0.05) is 13.1 Å². The largest absolute Gasteiger partial charge is 0.334 e. The highest BCUT2D eigenvalue weighted by molar-refractivity contribution is 6.10. The van der Waals surface area contributed by atoms with Gasteiger partial charge in [0.05, 0.1) is 0 Å². The lowest BCUT2D eigenvalue weighted by atomic mass is 9.81. The molecule has 5 nitrogen and oxygen atoms in total. The van der Waals surface area contributed by atoms with E-state index < -0.39 is 5.54 Å². The average Bonchev–Trinajstić information content (AvgIpc) is 2.88. The van der Waals surface area contributed by atoms with Crippen LogP contribution in [-0.2, 0) is 10.3 Å². The topological polar surface area (TPSA) is 68.2 Å². The van der Waals surface area contributed by atoms with E-state index in [9.17, 15) is 4.79 Å². The van der Waals surface area contributed by atoms with E-state index in [0.717, 1.165) is 23.2 Å². The fourth-order valence-corrected chi connectivity index (χ4v) is 3.38. The Morgan fingerprint density at radius 2 is 1.84 bits per heavy atom. The molecule has 2 unspecified atom stereocenters. The molecule has 0 bridgehead atoms. The summed E-state index contributed by atoms with van der Waals surface area (Å²) in [4.78, 5) is 14.5. The lowest BCUT2D eigenvalue weighted by Crippen LogP contribution is -2.45. The van der Waals surface area contributed by atoms with Gasteiger partial charge >= 0.3 is 0 Å². The van der Waals surface area contributed by atoms with Crippen LogP contribution in [0.2, 0.25) is 0 Å². The first-order chi connectivity index (χ1) is 12.0. The van der Waals surface area contributed by atoms with Crippen molar-refractivity contribution in [2.45, 2.75) is 25.4 Å². The Kier molecular flexibility index (Phi) is 4.59. The molecule has 1 saturated heterocycles. The molecule has 2 atom stereocenters. The maximum Gasteiger partial charge on any atom is 0.264 e. The number of carbonyl (C=O) groups excluding carboxylic acids is 1. The molecule has 0 radical (unpaired) electrons. The van der Waals surface area contributed by atoms with Crippen molar-refractivity contribution in [3.63, 3.8) is 0 Å². The lowest BCUT2D eigenvalue weighted by Gasteiger charge is -2.29. The van der Waals surface area contributed by atoms with Crippen molar-refractivity contribution in [3.05, 3.63) is 71.3 Å². The van der Waals surface area contributed by atoms with Crippen LogP contribution in [0, 0.1) is 5.41 Å². The smallest absolute Gasteiger partial charge is 0.264 e. The average molecular weight is 336 g/mol. The number of nitrogens with one attached hydrogen (secondary N) is 3. The summed E-state index contributed by atoms with van der Waals surface area (Å²) in [6.45, 7) is 5.06. The second kappa shape index (κ2) is 6.69. The third-order valence-corrected chi connectivity index (χ3v) is 4.80. The quantitative estimate of drug-likeness (QED) is 0.786. The van der Waals surface area contributed by atoms with Gasteiger partial charge < -0.3 is 10.6 Å². The molecule has 3 rings (SSSR count). The number of likely N-dealkylation sites (N-methyl/N-ethyl adjacent to an activating group) is 1. The predicted molar refractivity (Wildman–Crippen MR) is 99.4 cm³/mol. The van der Waals surface area contributed by atoms with Crippen LogP contribution < -0.4 is 10.6 Å². The van der Waals surface area contributed by atoms with Crippen LogP contribution in [0.15, 0.2) is 54.6 Å². The Morgan fingerprint density at radius 1 is 1.16 bits per heavy atom. The van der Waals surface area contributed by atoms with Gasteiger partial charge in [0.1, 0.15) is 0 Å². The molecule has 1 heterocycles. The summed E-state index contributed by atoms with van der Waals surface area (Å²) < 4.78 is 0. The number of guanidine groups is 1. The minimum absolute atomic E-state index is 0.110. The van der Waals surface area contributed by atoms with Gasteiger partial charge in [0.25, 0.3) is 5.91 Å². The molecule has 25 heavy (non-hydrogen) atoms. The van der Waals surface area contributed by atoms with E-state index in [-0.39, 0.29) is 17.9 Å². The van der Waals surface area contributed by atoms with Crippen LogP contribution in [0.5, 0.6) is 0 Å². The van der Waals surface area contributed by atoms with Crippen LogP contribution in [0.1, 0.15) is 36.6 Å². The first-order valence-electron chi connectivity index (χ1n) is 8.55. The van der Waals surface area contributed by atoms with E-state index in [0.29, 0.717) is 0 Å². The highest BCUT2D eigenvalue weighted by Gasteiger charge is 2.50. The van der Waals surface area contributed by atoms with Crippen LogP contribution in [-0.4, -0.2) is 30.4 Å². The fraction of sp³-hybridized carbons (Fsp3) is 0.300. The maximum atomic E-state index is 13.2. The van der Waals surface area contributed by atoms with Crippen molar-refractivity contribution >= 4 is 11.9 Å². The fourth-order valence-electron chi connectivity index (χ4n) is 3.38. The molecule has 0 aliphatic carbocycles. The number of hydrogen-bond acceptors (Lipinski definition) is 3. The van der Waals surface area contributed by atoms with E-state index in [4.69, 9.17) is 5.41 Å². The molecule has 0 spiro atoms. The van der Waals surface area contributed by atoms with Crippen LogP contribution >= 0.6 is 0 Å². The minimum Gasteiger partial charge on any atom is -0.334 e. The molecule has 0 aromatic heterocycles. The number of carbonyl (C=O) groups is 1. The molecule has 1 fully saturated rings. The Labute approximate surface area is 148 Å². The number of rotatable bonds is 5. The van der Waals surface area contributed by atoms with E-state index in [1.54, 1.807) is 7.05 Å². The molecular formula is C20H24N4O. The van der Waals surface area contributed by atoms with Crippen molar-refractivity contribution < 1.29 is 4.79 Å². The second-order valence-electron chi connectivity index (χ2n) is 6.36. The summed E-state index contributed by atoms with van der Waals surface area (Å²) in [6, 6.07) is 17.8. The SMILES string of the molecule is CCNC(C)c1cccc(C2(c3ccccc3)NC(=N)N(C)C2=O)c1. The summed E-state index contributed by atoms with van der Waals surface area (Å²) in [5, 5.41) is 14.7. The van der Waals surface area contributed by atoms with Crippen LogP contribution in [0.25, 0.3) is 0 Å². The molecule has 5 heteroatoms. The van der Waals surface area contributed by atoms with E-state index in [2.05, 4.69) is 36.6 Å². The zero-order valence-corrected chi connectivity index (χ0v) is 14.8. The van der Waals surface area contributed by atoms with Gasteiger partial charge in [-0.2, -0.15) is 0 Å². The Hall–Kier alpha value is -2.66. The molecule has 0 saturated carbocycles. The highest BCUT2D eigenvalue weighted by Crippen LogP contribution is 2.36. The van der Waals surface area contributed by atoms with Crippen LogP contribution in [0.3, 0.4) is 0 Å². The van der Waals surface area contributed by atoms with Gasteiger partial charge in [0.15, 0.2) is 11.5 Å². The van der Waals surface area contributed by atoms with Crippen molar-refractivity contribution in [3.8, 4) is 0 Å². The van der Waals surface area contributed by atoms with Crippen molar-refractivity contribution in [1.82, 2.24) is 15.5 Å². The van der Waals surface area contributed by atoms with E-state index in [1.165, 1.54) is 4.90 Å². The molecule has 1 amide bonds. The minimum atomic E-state index is -1.06.